The number of esters is 2. The second kappa shape index (κ2) is 6.40. The predicted molar refractivity (Wildman–Crippen MR) is 61.3 cm³/mol. The van der Waals surface area contributed by atoms with Crippen LogP contribution in [-0.2, 0) is 14.3 Å². The number of ether oxygens (including phenoxy) is 2. The summed E-state index contributed by atoms with van der Waals surface area (Å²) in [7, 11) is 1.18. The molecule has 0 N–H and O–H groups in total. The fourth-order valence-electron chi connectivity index (χ4n) is 1.18. The molecule has 0 atom stereocenters. The molecule has 18 heavy (non-hydrogen) atoms. The highest BCUT2D eigenvalue weighted by Gasteiger charge is 2.12. The summed E-state index contributed by atoms with van der Waals surface area (Å²) in [6.45, 7) is 1.85. The smallest absolute Gasteiger partial charge is 0.384 e. The zero-order chi connectivity index (χ0) is 13.5. The number of benzene rings is 1. The van der Waals surface area contributed by atoms with Crippen molar-refractivity contribution in [1.82, 2.24) is 0 Å². The molecule has 0 amide bonds. The third-order valence-electron chi connectivity index (χ3n) is 1.96. The van der Waals surface area contributed by atoms with E-state index in [2.05, 4.69) is 16.6 Å². The largest absolute Gasteiger partial charge is 0.462 e. The lowest BCUT2D eigenvalue weighted by molar-refractivity contribution is -0.133. The molecule has 0 aliphatic rings. The van der Waals surface area contributed by atoms with Gasteiger partial charge in [0.2, 0.25) is 0 Å². The summed E-state index contributed by atoms with van der Waals surface area (Å²) >= 11 is 0. The molecule has 0 unspecified atom stereocenters. The second-order valence-corrected chi connectivity index (χ2v) is 3.15. The van der Waals surface area contributed by atoms with E-state index in [0.717, 1.165) is 12.1 Å². The van der Waals surface area contributed by atoms with Gasteiger partial charge < -0.3 is 9.47 Å². The third-order valence-corrected chi connectivity index (χ3v) is 1.96. The van der Waals surface area contributed by atoms with Crippen molar-refractivity contribution in [2.75, 3.05) is 13.7 Å². The van der Waals surface area contributed by atoms with E-state index in [1.54, 1.807) is 6.92 Å². The number of hydrogen-bond donors (Lipinski definition) is 0. The Kier molecular flexibility index (Phi) is 4.88. The van der Waals surface area contributed by atoms with E-state index < -0.39 is 17.8 Å². The molecule has 5 heteroatoms. The maximum absolute atomic E-state index is 13.1. The standard InChI is InChI=1S/C13H11FO4/c1-3-18-13(16)11-6-5-10(14)8-9(11)4-7-12(15)17-2/h5-6,8H,3H2,1-2H3. The Balaban J connectivity index is 3.14. The van der Waals surface area contributed by atoms with Gasteiger partial charge in [0, 0.05) is 11.5 Å². The first-order valence-corrected chi connectivity index (χ1v) is 5.15. The van der Waals surface area contributed by atoms with Crippen molar-refractivity contribution in [2.24, 2.45) is 0 Å². The summed E-state index contributed by atoms with van der Waals surface area (Å²) in [6.07, 6.45) is 0. The molecule has 0 saturated carbocycles. The third kappa shape index (κ3) is 3.59. The number of hydrogen-bond acceptors (Lipinski definition) is 4. The maximum Gasteiger partial charge on any atom is 0.384 e. The van der Waals surface area contributed by atoms with Crippen molar-refractivity contribution in [3.8, 4) is 11.8 Å². The Labute approximate surface area is 104 Å². The first-order chi connectivity index (χ1) is 8.58. The van der Waals surface area contributed by atoms with Crippen LogP contribution in [0, 0.1) is 17.7 Å². The van der Waals surface area contributed by atoms with E-state index in [1.165, 1.54) is 13.2 Å². The SMILES string of the molecule is CCOC(=O)c1ccc(F)cc1C#CC(=O)OC. The fourth-order valence-corrected chi connectivity index (χ4v) is 1.18. The maximum atomic E-state index is 13.1. The van der Waals surface area contributed by atoms with Gasteiger partial charge in [0.1, 0.15) is 5.82 Å². The highest BCUT2D eigenvalue weighted by molar-refractivity contribution is 5.94. The summed E-state index contributed by atoms with van der Waals surface area (Å²) in [5.74, 6) is 2.56. The molecule has 0 fully saturated rings. The van der Waals surface area contributed by atoms with Crippen LogP contribution in [0.15, 0.2) is 18.2 Å². The van der Waals surface area contributed by atoms with Crippen molar-refractivity contribution in [3.05, 3.63) is 35.1 Å². The van der Waals surface area contributed by atoms with E-state index in [1.807, 2.05) is 0 Å². The van der Waals surface area contributed by atoms with E-state index >= 15 is 0 Å². The van der Waals surface area contributed by atoms with Crippen molar-refractivity contribution in [2.45, 2.75) is 6.92 Å². The van der Waals surface area contributed by atoms with Crippen molar-refractivity contribution in [3.63, 3.8) is 0 Å². The van der Waals surface area contributed by atoms with Crippen molar-refractivity contribution < 1.29 is 23.5 Å². The van der Waals surface area contributed by atoms with E-state index in [-0.39, 0.29) is 17.7 Å². The lowest BCUT2D eigenvalue weighted by Gasteiger charge is -2.04. The van der Waals surface area contributed by atoms with Crippen LogP contribution in [-0.4, -0.2) is 25.7 Å². The number of halogens is 1. The Morgan fingerprint density at radius 1 is 1.39 bits per heavy atom. The minimum Gasteiger partial charge on any atom is -0.462 e. The molecule has 0 radical (unpaired) electrons. The summed E-state index contributed by atoms with van der Waals surface area (Å²) in [4.78, 5) is 22.4. The average molecular weight is 250 g/mol. The predicted octanol–water partition coefficient (Wildman–Crippen LogP) is 1.53. The molecule has 0 aliphatic heterocycles. The van der Waals surface area contributed by atoms with Gasteiger partial charge in [0.05, 0.1) is 19.3 Å². The van der Waals surface area contributed by atoms with Crippen LogP contribution in [0.4, 0.5) is 4.39 Å². The molecule has 1 aromatic rings. The highest BCUT2D eigenvalue weighted by atomic mass is 19.1. The van der Waals surface area contributed by atoms with Crippen LogP contribution in [0.3, 0.4) is 0 Å². The molecule has 1 rings (SSSR count). The molecule has 0 bridgehead atoms. The van der Waals surface area contributed by atoms with Crippen LogP contribution in [0.5, 0.6) is 0 Å². The van der Waals surface area contributed by atoms with Gasteiger partial charge in [0.15, 0.2) is 0 Å². The Morgan fingerprint density at radius 3 is 2.72 bits per heavy atom. The first kappa shape index (κ1) is 13.7. The Bertz CT molecular complexity index is 526. The Hall–Kier alpha value is -2.35. The summed E-state index contributed by atoms with van der Waals surface area (Å²) in [6, 6.07) is 3.44. The minimum absolute atomic E-state index is 0.0823. The molecule has 0 heterocycles. The van der Waals surface area contributed by atoms with Gasteiger partial charge in [-0.05, 0) is 25.1 Å². The molecular formula is C13H11FO4. The van der Waals surface area contributed by atoms with Gasteiger partial charge in [-0.3, -0.25) is 0 Å². The van der Waals surface area contributed by atoms with Crippen LogP contribution in [0.25, 0.3) is 0 Å². The topological polar surface area (TPSA) is 52.6 Å². The van der Waals surface area contributed by atoms with E-state index in [9.17, 15) is 14.0 Å². The molecule has 1 aromatic carbocycles. The molecule has 4 nitrogen and oxygen atoms in total. The highest BCUT2D eigenvalue weighted by Crippen LogP contribution is 2.11. The van der Waals surface area contributed by atoms with Crippen molar-refractivity contribution >= 4 is 11.9 Å². The number of carbonyl (C=O) groups is 2. The van der Waals surface area contributed by atoms with Gasteiger partial charge in [0.25, 0.3) is 0 Å². The van der Waals surface area contributed by atoms with Crippen LogP contribution in [0.1, 0.15) is 22.8 Å². The monoisotopic (exact) mass is 250 g/mol. The van der Waals surface area contributed by atoms with Crippen molar-refractivity contribution in [1.29, 1.82) is 0 Å². The van der Waals surface area contributed by atoms with E-state index in [4.69, 9.17) is 4.74 Å². The fraction of sp³-hybridized carbons (Fsp3) is 0.231. The minimum atomic E-state index is -0.769. The van der Waals surface area contributed by atoms with Gasteiger partial charge in [-0.15, -0.1) is 0 Å². The first-order valence-electron chi connectivity index (χ1n) is 5.15. The van der Waals surface area contributed by atoms with Crippen LogP contribution in [0.2, 0.25) is 0 Å². The van der Waals surface area contributed by atoms with Gasteiger partial charge in [-0.25, -0.2) is 14.0 Å². The molecule has 0 saturated heterocycles. The zero-order valence-electron chi connectivity index (χ0n) is 9.95. The number of methoxy groups -OCH3 is 1. The molecule has 94 valence electrons. The molecular weight excluding hydrogens is 239 g/mol. The lowest BCUT2D eigenvalue weighted by Crippen LogP contribution is -2.07. The summed E-state index contributed by atoms with van der Waals surface area (Å²) in [5, 5.41) is 0. The normalized spacial score (nSPS) is 9.06. The number of rotatable bonds is 2. The molecule has 0 aliphatic carbocycles. The van der Waals surface area contributed by atoms with Gasteiger partial charge >= 0.3 is 11.9 Å². The quantitative estimate of drug-likeness (QED) is 0.590. The number of carbonyl (C=O) groups excluding carboxylic acids is 2. The summed E-state index contributed by atoms with van der Waals surface area (Å²) in [5.41, 5.74) is 0.188. The average Bonchev–Trinajstić information content (AvgIpc) is 2.36. The zero-order valence-corrected chi connectivity index (χ0v) is 9.95. The molecule has 0 spiro atoms. The summed E-state index contributed by atoms with van der Waals surface area (Å²) < 4.78 is 22.2. The van der Waals surface area contributed by atoms with Crippen LogP contribution >= 0.6 is 0 Å². The lowest BCUT2D eigenvalue weighted by atomic mass is 10.1. The molecule has 0 aromatic heterocycles. The second-order valence-electron chi connectivity index (χ2n) is 3.15. The Morgan fingerprint density at radius 2 is 2.11 bits per heavy atom. The van der Waals surface area contributed by atoms with E-state index in [0.29, 0.717) is 0 Å². The van der Waals surface area contributed by atoms with Crippen LogP contribution < -0.4 is 0 Å². The van der Waals surface area contributed by atoms with Gasteiger partial charge in [-0.2, -0.15) is 0 Å². The van der Waals surface area contributed by atoms with Gasteiger partial charge in [-0.1, -0.05) is 5.92 Å².